The van der Waals surface area contributed by atoms with Crippen molar-refractivity contribution in [1.82, 2.24) is 5.32 Å². The average molecular weight is 273 g/mol. The van der Waals surface area contributed by atoms with Gasteiger partial charge in [0.1, 0.15) is 11.4 Å². The van der Waals surface area contributed by atoms with E-state index in [4.69, 9.17) is 4.74 Å². The molecular formula is C14H27NO4. The van der Waals surface area contributed by atoms with Gasteiger partial charge in [0.15, 0.2) is 0 Å². The number of nitrogens with one attached hydrogen (secondary N) is 1. The largest absolute Gasteiger partial charge is 0.462 e. The summed E-state index contributed by atoms with van der Waals surface area (Å²) < 4.78 is 9.56. The van der Waals surface area contributed by atoms with Gasteiger partial charge in [-0.15, -0.1) is 0 Å². The zero-order chi connectivity index (χ0) is 14.9. The number of ether oxygens (including phenoxy) is 2. The van der Waals surface area contributed by atoms with E-state index >= 15 is 0 Å². The van der Waals surface area contributed by atoms with E-state index in [0.717, 1.165) is 6.42 Å². The SMILES string of the molecule is CC(C)(C)OC=O.CCC1CC(=O)CC(COC)N1. The Morgan fingerprint density at radius 1 is 1.32 bits per heavy atom. The Kier molecular flexibility index (Phi) is 8.59. The molecule has 2 atom stereocenters. The Morgan fingerprint density at radius 3 is 2.26 bits per heavy atom. The molecule has 0 aromatic carbocycles. The summed E-state index contributed by atoms with van der Waals surface area (Å²) in [6.45, 7) is 8.66. The van der Waals surface area contributed by atoms with E-state index in [1.807, 2.05) is 20.8 Å². The van der Waals surface area contributed by atoms with Crippen molar-refractivity contribution in [2.24, 2.45) is 0 Å². The molecule has 0 radical (unpaired) electrons. The molecule has 0 saturated carbocycles. The van der Waals surface area contributed by atoms with Crippen LogP contribution in [0.5, 0.6) is 0 Å². The monoisotopic (exact) mass is 273 g/mol. The predicted octanol–water partition coefficient (Wildman–Crippen LogP) is 1.69. The van der Waals surface area contributed by atoms with Gasteiger partial charge < -0.3 is 14.8 Å². The first-order valence-corrected chi connectivity index (χ1v) is 6.70. The molecule has 5 heteroatoms. The third kappa shape index (κ3) is 9.62. The topological polar surface area (TPSA) is 64.6 Å². The van der Waals surface area contributed by atoms with Gasteiger partial charge in [-0.3, -0.25) is 9.59 Å². The van der Waals surface area contributed by atoms with Gasteiger partial charge >= 0.3 is 0 Å². The molecule has 0 aromatic heterocycles. The average Bonchev–Trinajstić information content (AvgIpc) is 2.27. The molecule has 0 aliphatic carbocycles. The Bertz CT molecular complexity index is 273. The number of hydrogen-bond acceptors (Lipinski definition) is 5. The molecule has 0 amide bonds. The van der Waals surface area contributed by atoms with Crippen molar-refractivity contribution in [1.29, 1.82) is 0 Å². The maximum absolute atomic E-state index is 11.2. The normalized spacial score (nSPS) is 23.3. The minimum absolute atomic E-state index is 0.237. The summed E-state index contributed by atoms with van der Waals surface area (Å²) in [5.74, 6) is 0.364. The lowest BCUT2D eigenvalue weighted by molar-refractivity contribution is -0.138. The van der Waals surface area contributed by atoms with Gasteiger partial charge in [-0.1, -0.05) is 6.92 Å². The lowest BCUT2D eigenvalue weighted by Gasteiger charge is -2.28. The van der Waals surface area contributed by atoms with E-state index in [1.165, 1.54) is 0 Å². The van der Waals surface area contributed by atoms with Crippen LogP contribution in [-0.4, -0.2) is 43.7 Å². The predicted molar refractivity (Wildman–Crippen MR) is 74.0 cm³/mol. The molecule has 1 aliphatic rings. The molecule has 19 heavy (non-hydrogen) atoms. The number of carbonyl (C=O) groups excluding carboxylic acids is 2. The first-order valence-electron chi connectivity index (χ1n) is 6.70. The van der Waals surface area contributed by atoms with Gasteiger partial charge in [0.2, 0.25) is 0 Å². The van der Waals surface area contributed by atoms with E-state index in [9.17, 15) is 9.59 Å². The second kappa shape index (κ2) is 9.04. The van der Waals surface area contributed by atoms with E-state index in [-0.39, 0.29) is 11.6 Å². The number of piperidine rings is 1. The molecule has 1 saturated heterocycles. The van der Waals surface area contributed by atoms with Crippen molar-refractivity contribution in [2.45, 2.75) is 64.6 Å². The van der Waals surface area contributed by atoms with Crippen LogP contribution in [0, 0.1) is 0 Å². The van der Waals surface area contributed by atoms with Crippen molar-refractivity contribution >= 4 is 12.3 Å². The Balaban J connectivity index is 0.000000399. The molecule has 1 heterocycles. The van der Waals surface area contributed by atoms with Crippen LogP contribution in [0.4, 0.5) is 0 Å². The fourth-order valence-corrected chi connectivity index (χ4v) is 1.80. The smallest absolute Gasteiger partial charge is 0.293 e. The highest BCUT2D eigenvalue weighted by Crippen LogP contribution is 2.11. The van der Waals surface area contributed by atoms with Gasteiger partial charge in [0.05, 0.1) is 6.61 Å². The molecule has 0 bridgehead atoms. The molecule has 1 fully saturated rings. The van der Waals surface area contributed by atoms with Crippen LogP contribution in [0.3, 0.4) is 0 Å². The summed E-state index contributed by atoms with van der Waals surface area (Å²) in [7, 11) is 1.67. The Labute approximate surface area is 116 Å². The molecule has 0 aromatic rings. The van der Waals surface area contributed by atoms with Gasteiger partial charge in [-0.2, -0.15) is 0 Å². The fraction of sp³-hybridized carbons (Fsp3) is 0.857. The van der Waals surface area contributed by atoms with Gasteiger partial charge in [-0.25, -0.2) is 0 Å². The lowest BCUT2D eigenvalue weighted by atomic mass is 9.96. The minimum atomic E-state index is -0.318. The summed E-state index contributed by atoms with van der Waals surface area (Å²) >= 11 is 0. The van der Waals surface area contributed by atoms with E-state index in [2.05, 4.69) is 17.0 Å². The number of carbonyl (C=O) groups is 2. The maximum atomic E-state index is 11.2. The lowest BCUT2D eigenvalue weighted by Crippen LogP contribution is -2.47. The van der Waals surface area contributed by atoms with Crippen molar-refractivity contribution in [3.8, 4) is 0 Å². The van der Waals surface area contributed by atoms with Crippen LogP contribution in [0.1, 0.15) is 47.0 Å². The molecule has 1 rings (SSSR count). The second-order valence-corrected chi connectivity index (χ2v) is 5.70. The highest BCUT2D eigenvalue weighted by molar-refractivity contribution is 5.80. The molecule has 1 N–H and O–H groups in total. The first-order chi connectivity index (χ1) is 8.82. The van der Waals surface area contributed by atoms with Crippen LogP contribution in [0.2, 0.25) is 0 Å². The highest BCUT2D eigenvalue weighted by atomic mass is 16.5. The van der Waals surface area contributed by atoms with E-state index < -0.39 is 0 Å². The Hall–Kier alpha value is -0.940. The van der Waals surface area contributed by atoms with Crippen molar-refractivity contribution < 1.29 is 19.1 Å². The molecule has 2 unspecified atom stereocenters. The van der Waals surface area contributed by atoms with Gasteiger partial charge in [0.25, 0.3) is 6.47 Å². The third-order valence-corrected chi connectivity index (χ3v) is 2.68. The van der Waals surface area contributed by atoms with E-state index in [1.54, 1.807) is 7.11 Å². The minimum Gasteiger partial charge on any atom is -0.462 e. The summed E-state index contributed by atoms with van der Waals surface area (Å²) in [5, 5.41) is 3.39. The van der Waals surface area contributed by atoms with Gasteiger partial charge in [0, 0.05) is 32.0 Å². The summed E-state index contributed by atoms with van der Waals surface area (Å²) in [5.41, 5.74) is -0.318. The highest BCUT2D eigenvalue weighted by Gasteiger charge is 2.24. The third-order valence-electron chi connectivity index (χ3n) is 2.68. The first kappa shape index (κ1) is 18.1. The molecule has 5 nitrogen and oxygen atoms in total. The van der Waals surface area contributed by atoms with Crippen molar-refractivity contribution in [3.05, 3.63) is 0 Å². The van der Waals surface area contributed by atoms with E-state index in [0.29, 0.717) is 37.7 Å². The van der Waals surface area contributed by atoms with Crippen molar-refractivity contribution in [3.63, 3.8) is 0 Å². The summed E-state index contributed by atoms with van der Waals surface area (Å²) in [6.07, 6.45) is 2.34. The summed E-state index contributed by atoms with van der Waals surface area (Å²) in [4.78, 5) is 20.8. The Morgan fingerprint density at radius 2 is 1.89 bits per heavy atom. The zero-order valence-corrected chi connectivity index (χ0v) is 12.7. The standard InChI is InChI=1S/C9H17NO2.C5H10O2/c1-3-7-4-9(11)5-8(10-7)6-12-2;1-5(2,3)7-4-6/h7-8,10H,3-6H2,1-2H3;4H,1-3H3. The van der Waals surface area contributed by atoms with Crippen LogP contribution >= 0.6 is 0 Å². The van der Waals surface area contributed by atoms with Crippen LogP contribution in [0.15, 0.2) is 0 Å². The molecule has 0 spiro atoms. The molecular weight excluding hydrogens is 246 g/mol. The number of hydrogen-bond donors (Lipinski definition) is 1. The number of Topliss-reactive ketones (excluding diaryl/α,β-unsaturated/α-hetero) is 1. The molecule has 112 valence electrons. The maximum Gasteiger partial charge on any atom is 0.293 e. The van der Waals surface area contributed by atoms with Crippen LogP contribution in [0.25, 0.3) is 0 Å². The van der Waals surface area contributed by atoms with Gasteiger partial charge in [-0.05, 0) is 27.2 Å². The van der Waals surface area contributed by atoms with Crippen molar-refractivity contribution in [2.75, 3.05) is 13.7 Å². The molecule has 1 aliphatic heterocycles. The number of methoxy groups -OCH3 is 1. The van der Waals surface area contributed by atoms with Crippen LogP contribution in [-0.2, 0) is 19.1 Å². The van der Waals surface area contributed by atoms with Crippen LogP contribution < -0.4 is 5.32 Å². The second-order valence-electron chi connectivity index (χ2n) is 5.70. The summed E-state index contributed by atoms with van der Waals surface area (Å²) in [6, 6.07) is 0.604. The fourth-order valence-electron chi connectivity index (χ4n) is 1.80. The number of ketones is 1. The quantitative estimate of drug-likeness (QED) is 0.790. The number of rotatable bonds is 4. The zero-order valence-electron chi connectivity index (χ0n) is 12.7.